The summed E-state index contributed by atoms with van der Waals surface area (Å²) in [4.78, 5) is 55.2. The molecule has 3 aromatic rings. The van der Waals surface area contributed by atoms with Crippen molar-refractivity contribution in [3.05, 3.63) is 70.1 Å². The molecule has 1 saturated heterocycles. The van der Waals surface area contributed by atoms with Gasteiger partial charge in [0.05, 0.1) is 28.7 Å². The van der Waals surface area contributed by atoms with Crippen LogP contribution < -0.4 is 5.69 Å². The molecule has 1 aromatic heterocycles. The fourth-order valence-corrected chi connectivity index (χ4v) is 4.50. The molecule has 3 heterocycles. The van der Waals surface area contributed by atoms with Crippen molar-refractivity contribution in [3.63, 3.8) is 0 Å². The van der Waals surface area contributed by atoms with Gasteiger partial charge in [-0.2, -0.15) is 0 Å². The monoisotopic (exact) mass is 434 g/mol. The number of likely N-dealkylation sites (tertiary alicyclic amines) is 1. The molecule has 0 spiro atoms. The number of aromatic nitrogens is 2. The largest absolute Gasteiger partial charge is 0.448 e. The number of piperidine rings is 1. The average molecular weight is 434 g/mol. The van der Waals surface area contributed by atoms with Gasteiger partial charge in [-0.05, 0) is 37.1 Å². The molecule has 2 aromatic carbocycles. The maximum absolute atomic E-state index is 12.5. The minimum Gasteiger partial charge on any atom is -0.448 e. The minimum atomic E-state index is -0.480. The van der Waals surface area contributed by atoms with Gasteiger partial charge in [0, 0.05) is 19.1 Å². The maximum Gasteiger partial charge on any atom is 0.409 e. The number of benzene rings is 2. The first-order valence-corrected chi connectivity index (χ1v) is 10.6. The van der Waals surface area contributed by atoms with E-state index in [1.807, 2.05) is 24.3 Å². The number of ether oxygens (including phenoxy) is 1. The zero-order valence-corrected chi connectivity index (χ0v) is 17.3. The number of imide groups is 1. The first-order chi connectivity index (χ1) is 15.5. The van der Waals surface area contributed by atoms with Gasteiger partial charge in [0.1, 0.15) is 6.61 Å². The van der Waals surface area contributed by atoms with Gasteiger partial charge in [-0.1, -0.05) is 24.3 Å². The van der Waals surface area contributed by atoms with Crippen molar-refractivity contribution in [1.29, 1.82) is 0 Å². The molecule has 1 N–H and O–H groups in total. The van der Waals surface area contributed by atoms with Gasteiger partial charge in [-0.3, -0.25) is 19.1 Å². The molecule has 0 unspecified atom stereocenters. The van der Waals surface area contributed by atoms with E-state index in [4.69, 9.17) is 4.74 Å². The number of hydrogen-bond acceptors (Lipinski definition) is 5. The Balaban J connectivity index is 1.15. The van der Waals surface area contributed by atoms with Crippen LogP contribution in [0.3, 0.4) is 0 Å². The number of carbonyl (C=O) groups is 3. The maximum atomic E-state index is 12.5. The lowest BCUT2D eigenvalue weighted by Gasteiger charge is -2.32. The Kier molecular flexibility index (Phi) is 5.01. The van der Waals surface area contributed by atoms with E-state index >= 15 is 0 Å². The van der Waals surface area contributed by atoms with Crippen molar-refractivity contribution in [2.75, 3.05) is 26.2 Å². The summed E-state index contributed by atoms with van der Waals surface area (Å²) >= 11 is 0. The lowest BCUT2D eigenvalue weighted by molar-refractivity contribution is 0.0553. The molecule has 0 radical (unpaired) electrons. The standard InChI is InChI=1S/C23H22N4O5/c28-20-16-5-1-2-6-17(16)21(29)26(20)13-14-32-23(31)25-11-9-15(10-12-25)27-19-8-4-3-7-18(19)24-22(27)30/h1-8,15H,9-14H2,(H,24,30). The molecule has 164 valence electrons. The third kappa shape index (κ3) is 3.35. The van der Waals surface area contributed by atoms with Crippen LogP contribution in [0.2, 0.25) is 0 Å². The highest BCUT2D eigenvalue weighted by Crippen LogP contribution is 2.25. The molecule has 5 rings (SSSR count). The SMILES string of the molecule is O=C(OCCN1C(=O)c2ccccc2C1=O)N1CCC(n2c(=O)[nH]c3ccccc32)CC1. The number of amides is 3. The highest BCUT2D eigenvalue weighted by atomic mass is 16.6. The first kappa shape index (κ1) is 20.0. The molecular weight excluding hydrogens is 412 g/mol. The number of fused-ring (bicyclic) bond motifs is 2. The summed E-state index contributed by atoms with van der Waals surface area (Å²) in [6.45, 7) is 0.871. The molecule has 0 bridgehead atoms. The third-order valence-corrected chi connectivity index (χ3v) is 6.13. The normalized spacial score (nSPS) is 16.6. The number of aromatic amines is 1. The highest BCUT2D eigenvalue weighted by Gasteiger charge is 2.35. The molecule has 0 atom stereocenters. The van der Waals surface area contributed by atoms with Gasteiger partial charge >= 0.3 is 11.8 Å². The molecule has 32 heavy (non-hydrogen) atoms. The summed E-state index contributed by atoms with van der Waals surface area (Å²) in [7, 11) is 0. The zero-order valence-electron chi connectivity index (χ0n) is 17.3. The van der Waals surface area contributed by atoms with Crippen LogP contribution in [0.15, 0.2) is 53.3 Å². The van der Waals surface area contributed by atoms with Crippen molar-refractivity contribution in [2.24, 2.45) is 0 Å². The highest BCUT2D eigenvalue weighted by molar-refractivity contribution is 6.21. The smallest absolute Gasteiger partial charge is 0.409 e. The second-order valence-corrected chi connectivity index (χ2v) is 7.96. The van der Waals surface area contributed by atoms with Gasteiger partial charge in [-0.15, -0.1) is 0 Å². The first-order valence-electron chi connectivity index (χ1n) is 10.6. The summed E-state index contributed by atoms with van der Waals surface area (Å²) in [6, 6.07) is 14.2. The summed E-state index contributed by atoms with van der Waals surface area (Å²) in [5.41, 5.74) is 2.26. The Labute approximate surface area is 183 Å². The van der Waals surface area contributed by atoms with Crippen LogP contribution in [-0.4, -0.2) is 63.5 Å². The third-order valence-electron chi connectivity index (χ3n) is 6.13. The van der Waals surface area contributed by atoms with Crippen LogP contribution >= 0.6 is 0 Å². The number of rotatable bonds is 4. The van der Waals surface area contributed by atoms with E-state index in [1.165, 1.54) is 0 Å². The number of nitrogens with zero attached hydrogens (tertiary/aromatic N) is 3. The van der Waals surface area contributed by atoms with E-state index in [9.17, 15) is 19.2 Å². The molecule has 2 aliphatic heterocycles. The Morgan fingerprint density at radius 2 is 1.56 bits per heavy atom. The predicted octanol–water partition coefficient (Wildman–Crippen LogP) is 2.40. The molecular formula is C23H22N4O5. The van der Waals surface area contributed by atoms with E-state index in [0.717, 1.165) is 15.9 Å². The zero-order chi connectivity index (χ0) is 22.2. The lowest BCUT2D eigenvalue weighted by atomic mass is 10.0. The topological polar surface area (TPSA) is 105 Å². The Hall–Kier alpha value is -3.88. The number of imidazole rings is 1. The van der Waals surface area contributed by atoms with Crippen molar-refractivity contribution < 1.29 is 19.1 Å². The quantitative estimate of drug-likeness (QED) is 0.635. The lowest BCUT2D eigenvalue weighted by Crippen LogP contribution is -2.41. The summed E-state index contributed by atoms with van der Waals surface area (Å²) in [5, 5.41) is 0. The van der Waals surface area contributed by atoms with Crippen LogP contribution in [0.25, 0.3) is 11.0 Å². The van der Waals surface area contributed by atoms with Gasteiger partial charge in [-0.25, -0.2) is 9.59 Å². The molecule has 0 saturated carbocycles. The van der Waals surface area contributed by atoms with E-state index in [2.05, 4.69) is 4.98 Å². The van der Waals surface area contributed by atoms with Gasteiger partial charge < -0.3 is 14.6 Å². The summed E-state index contributed by atoms with van der Waals surface area (Å²) in [5.74, 6) is -0.738. The molecule has 9 nitrogen and oxygen atoms in total. The summed E-state index contributed by atoms with van der Waals surface area (Å²) < 4.78 is 7.09. The van der Waals surface area contributed by atoms with E-state index in [-0.39, 0.29) is 36.7 Å². The second-order valence-electron chi connectivity index (χ2n) is 7.96. The van der Waals surface area contributed by atoms with Crippen molar-refractivity contribution in [1.82, 2.24) is 19.4 Å². The van der Waals surface area contributed by atoms with Crippen LogP contribution in [0.5, 0.6) is 0 Å². The average Bonchev–Trinajstić information content (AvgIpc) is 3.28. The van der Waals surface area contributed by atoms with Crippen LogP contribution in [0.4, 0.5) is 4.79 Å². The van der Waals surface area contributed by atoms with Crippen molar-refractivity contribution in [3.8, 4) is 0 Å². The molecule has 2 aliphatic rings. The molecule has 0 aliphatic carbocycles. The van der Waals surface area contributed by atoms with Gasteiger partial charge in [0.15, 0.2) is 0 Å². The van der Waals surface area contributed by atoms with Crippen LogP contribution in [-0.2, 0) is 4.74 Å². The van der Waals surface area contributed by atoms with Gasteiger partial charge in [0.2, 0.25) is 0 Å². The second kappa shape index (κ2) is 7.99. The number of H-pyrrole nitrogens is 1. The Bertz CT molecular complexity index is 1230. The molecule has 9 heteroatoms. The number of para-hydroxylation sites is 2. The van der Waals surface area contributed by atoms with E-state index in [1.54, 1.807) is 33.7 Å². The number of carbonyl (C=O) groups excluding carboxylic acids is 3. The fraction of sp³-hybridized carbons (Fsp3) is 0.304. The van der Waals surface area contributed by atoms with Crippen molar-refractivity contribution in [2.45, 2.75) is 18.9 Å². The van der Waals surface area contributed by atoms with Crippen molar-refractivity contribution >= 4 is 28.9 Å². The Morgan fingerprint density at radius 3 is 2.25 bits per heavy atom. The van der Waals surface area contributed by atoms with Crippen LogP contribution in [0, 0.1) is 0 Å². The number of hydrogen-bond donors (Lipinski definition) is 1. The number of nitrogens with one attached hydrogen (secondary N) is 1. The van der Waals surface area contributed by atoms with E-state index < -0.39 is 6.09 Å². The predicted molar refractivity (Wildman–Crippen MR) is 116 cm³/mol. The minimum absolute atomic E-state index is 0.000969. The molecule has 3 amide bonds. The fourth-order valence-electron chi connectivity index (χ4n) is 4.50. The molecule has 1 fully saturated rings. The van der Waals surface area contributed by atoms with Crippen LogP contribution in [0.1, 0.15) is 39.6 Å². The summed E-state index contributed by atoms with van der Waals surface area (Å²) in [6.07, 6.45) is 0.788. The van der Waals surface area contributed by atoms with Gasteiger partial charge in [0.25, 0.3) is 11.8 Å². The van der Waals surface area contributed by atoms with E-state index in [0.29, 0.717) is 37.1 Å². The Morgan fingerprint density at radius 1 is 0.938 bits per heavy atom.